The van der Waals surface area contributed by atoms with E-state index in [9.17, 15) is 0 Å². The fourth-order valence-electron chi connectivity index (χ4n) is 3.18. The molecule has 0 bridgehead atoms. The summed E-state index contributed by atoms with van der Waals surface area (Å²) in [6, 6.07) is 2.07. The first-order valence-corrected chi connectivity index (χ1v) is 7.81. The van der Waals surface area contributed by atoms with Gasteiger partial charge < -0.3 is 10.2 Å². The first-order valence-electron chi connectivity index (χ1n) is 7.81. The van der Waals surface area contributed by atoms with Gasteiger partial charge in [-0.05, 0) is 33.4 Å². The quantitative estimate of drug-likeness (QED) is 0.752. The molecule has 3 unspecified atom stereocenters. The van der Waals surface area contributed by atoms with Crippen LogP contribution in [-0.2, 0) is 0 Å². The Hall–Kier alpha value is -0.120. The largest absolute Gasteiger partial charge is 0.313 e. The van der Waals surface area contributed by atoms with Crippen LogP contribution < -0.4 is 5.32 Å². The lowest BCUT2D eigenvalue weighted by Gasteiger charge is -2.44. The molecule has 0 saturated carbocycles. The molecule has 0 spiro atoms. The highest BCUT2D eigenvalue weighted by Gasteiger charge is 2.29. The topological polar surface area (TPSA) is 18.5 Å². The highest BCUT2D eigenvalue weighted by molar-refractivity contribution is 4.88. The number of piperazine rings is 1. The van der Waals surface area contributed by atoms with Gasteiger partial charge in [-0.3, -0.25) is 4.90 Å². The molecule has 0 aromatic carbocycles. The summed E-state index contributed by atoms with van der Waals surface area (Å²) >= 11 is 0. The molecule has 1 aliphatic rings. The Morgan fingerprint density at radius 3 is 2.44 bits per heavy atom. The molecule has 1 fully saturated rings. The standard InChI is InChI=1S/C15H33N3/c1-6-9-14(16-8-3)15(7-2)18-11-10-17(5)13(4)12-18/h13-16H,6-12H2,1-5H3. The van der Waals surface area contributed by atoms with E-state index in [2.05, 4.69) is 49.9 Å². The summed E-state index contributed by atoms with van der Waals surface area (Å²) in [4.78, 5) is 5.19. The van der Waals surface area contributed by atoms with Crippen molar-refractivity contribution in [3.05, 3.63) is 0 Å². The minimum atomic E-state index is 0.667. The highest BCUT2D eigenvalue weighted by Crippen LogP contribution is 2.18. The Balaban J connectivity index is 2.62. The Bertz CT molecular complexity index is 214. The molecule has 0 amide bonds. The number of nitrogens with zero attached hydrogens (tertiary/aromatic N) is 2. The van der Waals surface area contributed by atoms with Gasteiger partial charge in [-0.15, -0.1) is 0 Å². The van der Waals surface area contributed by atoms with Crippen LogP contribution in [0.2, 0.25) is 0 Å². The zero-order valence-corrected chi connectivity index (χ0v) is 13.1. The summed E-state index contributed by atoms with van der Waals surface area (Å²) in [6.07, 6.45) is 3.83. The van der Waals surface area contributed by atoms with Gasteiger partial charge in [0.25, 0.3) is 0 Å². The average Bonchev–Trinajstić information content (AvgIpc) is 2.35. The first kappa shape index (κ1) is 15.9. The van der Waals surface area contributed by atoms with E-state index in [1.54, 1.807) is 0 Å². The normalized spacial score (nSPS) is 26.2. The van der Waals surface area contributed by atoms with Crippen molar-refractivity contribution in [1.29, 1.82) is 0 Å². The van der Waals surface area contributed by atoms with Crippen molar-refractivity contribution in [3.63, 3.8) is 0 Å². The van der Waals surface area contributed by atoms with E-state index in [0.717, 1.165) is 6.54 Å². The maximum absolute atomic E-state index is 3.70. The van der Waals surface area contributed by atoms with Crippen molar-refractivity contribution in [3.8, 4) is 0 Å². The maximum Gasteiger partial charge on any atom is 0.0247 e. The lowest BCUT2D eigenvalue weighted by atomic mass is 9.97. The molecule has 1 aliphatic heterocycles. The van der Waals surface area contributed by atoms with Crippen molar-refractivity contribution >= 4 is 0 Å². The molecule has 3 nitrogen and oxygen atoms in total. The number of likely N-dealkylation sites (N-methyl/N-ethyl adjacent to an activating group) is 2. The minimum Gasteiger partial charge on any atom is -0.313 e. The van der Waals surface area contributed by atoms with Gasteiger partial charge >= 0.3 is 0 Å². The molecular formula is C15H33N3. The number of rotatable bonds is 7. The van der Waals surface area contributed by atoms with Crippen LogP contribution in [0.5, 0.6) is 0 Å². The van der Waals surface area contributed by atoms with Crippen LogP contribution in [0.4, 0.5) is 0 Å². The third kappa shape index (κ3) is 4.22. The first-order chi connectivity index (χ1) is 8.63. The molecule has 3 atom stereocenters. The third-order valence-corrected chi connectivity index (χ3v) is 4.41. The molecular weight excluding hydrogens is 222 g/mol. The SMILES string of the molecule is CCCC(NCC)C(CC)N1CCN(C)C(C)C1. The van der Waals surface area contributed by atoms with Crippen molar-refractivity contribution in [2.24, 2.45) is 0 Å². The van der Waals surface area contributed by atoms with E-state index in [-0.39, 0.29) is 0 Å². The molecule has 18 heavy (non-hydrogen) atoms. The molecule has 0 aromatic rings. The fraction of sp³-hybridized carbons (Fsp3) is 1.00. The maximum atomic E-state index is 3.70. The predicted molar refractivity (Wildman–Crippen MR) is 80.1 cm³/mol. The number of hydrogen-bond acceptors (Lipinski definition) is 3. The fourth-order valence-corrected chi connectivity index (χ4v) is 3.18. The van der Waals surface area contributed by atoms with Crippen LogP contribution in [0.3, 0.4) is 0 Å². The van der Waals surface area contributed by atoms with Crippen LogP contribution in [-0.4, -0.2) is 61.2 Å². The van der Waals surface area contributed by atoms with Crippen LogP contribution in [0, 0.1) is 0 Å². The van der Waals surface area contributed by atoms with Gasteiger partial charge in [0.05, 0.1) is 0 Å². The molecule has 0 aromatic heterocycles. The second-order valence-electron chi connectivity index (χ2n) is 5.75. The van der Waals surface area contributed by atoms with E-state index in [1.807, 2.05) is 0 Å². The molecule has 0 aliphatic carbocycles. The van der Waals surface area contributed by atoms with Crippen molar-refractivity contribution in [2.45, 2.75) is 65.1 Å². The van der Waals surface area contributed by atoms with Crippen LogP contribution in [0.15, 0.2) is 0 Å². The van der Waals surface area contributed by atoms with Crippen LogP contribution in [0.25, 0.3) is 0 Å². The van der Waals surface area contributed by atoms with Crippen molar-refractivity contribution < 1.29 is 0 Å². The van der Waals surface area contributed by atoms with E-state index < -0.39 is 0 Å². The van der Waals surface area contributed by atoms with E-state index >= 15 is 0 Å². The molecule has 1 saturated heterocycles. The van der Waals surface area contributed by atoms with Gasteiger partial charge in [0.15, 0.2) is 0 Å². The Kier molecular flexibility index (Phi) is 7.20. The number of nitrogens with one attached hydrogen (secondary N) is 1. The van der Waals surface area contributed by atoms with Gasteiger partial charge in [0.2, 0.25) is 0 Å². The molecule has 108 valence electrons. The molecule has 1 rings (SSSR count). The van der Waals surface area contributed by atoms with E-state index in [0.29, 0.717) is 18.1 Å². The second-order valence-corrected chi connectivity index (χ2v) is 5.75. The van der Waals surface area contributed by atoms with Crippen molar-refractivity contribution in [2.75, 3.05) is 33.2 Å². The summed E-state index contributed by atoms with van der Waals surface area (Å²) in [5, 5.41) is 3.70. The Labute approximate surface area is 114 Å². The third-order valence-electron chi connectivity index (χ3n) is 4.41. The lowest BCUT2D eigenvalue weighted by molar-refractivity contribution is 0.0537. The molecule has 1 heterocycles. The average molecular weight is 255 g/mol. The molecule has 1 N–H and O–H groups in total. The summed E-state index contributed by atoms with van der Waals surface area (Å²) in [5.74, 6) is 0. The molecule has 0 radical (unpaired) electrons. The zero-order chi connectivity index (χ0) is 13.5. The van der Waals surface area contributed by atoms with Crippen LogP contribution >= 0.6 is 0 Å². The van der Waals surface area contributed by atoms with Gasteiger partial charge in [0.1, 0.15) is 0 Å². The Morgan fingerprint density at radius 1 is 1.22 bits per heavy atom. The van der Waals surface area contributed by atoms with Gasteiger partial charge in [-0.2, -0.15) is 0 Å². The van der Waals surface area contributed by atoms with E-state index in [4.69, 9.17) is 0 Å². The number of hydrogen-bond donors (Lipinski definition) is 1. The van der Waals surface area contributed by atoms with Gasteiger partial charge in [0, 0.05) is 37.8 Å². The summed E-state index contributed by atoms with van der Waals surface area (Å²) < 4.78 is 0. The summed E-state index contributed by atoms with van der Waals surface area (Å²) in [5.41, 5.74) is 0. The Morgan fingerprint density at radius 2 is 1.94 bits per heavy atom. The second kappa shape index (κ2) is 8.13. The summed E-state index contributed by atoms with van der Waals surface area (Å²) in [6.45, 7) is 14.0. The predicted octanol–water partition coefficient (Wildman–Crippen LogP) is 2.18. The lowest BCUT2D eigenvalue weighted by Crippen LogP contribution is -2.58. The minimum absolute atomic E-state index is 0.667. The van der Waals surface area contributed by atoms with Crippen LogP contribution in [0.1, 0.15) is 47.0 Å². The monoisotopic (exact) mass is 255 g/mol. The highest BCUT2D eigenvalue weighted by atomic mass is 15.3. The van der Waals surface area contributed by atoms with Crippen molar-refractivity contribution in [1.82, 2.24) is 15.1 Å². The van der Waals surface area contributed by atoms with Gasteiger partial charge in [-0.1, -0.05) is 27.2 Å². The summed E-state index contributed by atoms with van der Waals surface area (Å²) in [7, 11) is 2.25. The molecule has 3 heteroatoms. The van der Waals surface area contributed by atoms with E-state index in [1.165, 1.54) is 38.9 Å². The smallest absolute Gasteiger partial charge is 0.0247 e. The zero-order valence-electron chi connectivity index (χ0n) is 13.1. The van der Waals surface area contributed by atoms with Gasteiger partial charge in [-0.25, -0.2) is 0 Å².